The van der Waals surface area contributed by atoms with Gasteiger partial charge in [-0.1, -0.05) is 18.2 Å². The number of carbonyl (C=O) groups excluding carboxylic acids is 1. The molecule has 0 aliphatic heterocycles. The molecule has 4 nitrogen and oxygen atoms in total. The number of nitrogens with zero attached hydrogens (tertiary/aromatic N) is 2. The van der Waals surface area contributed by atoms with E-state index in [1.165, 1.54) is 24.3 Å². The molecule has 3 aromatic rings. The van der Waals surface area contributed by atoms with Crippen LogP contribution in [0.2, 0.25) is 0 Å². The van der Waals surface area contributed by atoms with Crippen molar-refractivity contribution in [1.29, 1.82) is 0 Å². The third-order valence-electron chi connectivity index (χ3n) is 3.86. The molecular formula is C20H17F2N3O. The number of nitrogens with one attached hydrogen (secondary N) is 1. The molecule has 0 radical (unpaired) electrons. The van der Waals surface area contributed by atoms with Crippen molar-refractivity contribution in [2.24, 2.45) is 0 Å². The van der Waals surface area contributed by atoms with Gasteiger partial charge in [0.2, 0.25) is 5.91 Å². The van der Waals surface area contributed by atoms with Gasteiger partial charge in [-0.05, 0) is 48.4 Å². The number of aryl methyl sites for hydroxylation is 1. The van der Waals surface area contributed by atoms with Gasteiger partial charge < -0.3 is 9.88 Å². The Kier molecular flexibility index (Phi) is 5.22. The van der Waals surface area contributed by atoms with Crippen LogP contribution in [0.1, 0.15) is 17.0 Å². The van der Waals surface area contributed by atoms with Crippen LogP contribution in [0.15, 0.2) is 60.9 Å². The molecule has 6 heteroatoms. The van der Waals surface area contributed by atoms with Crippen LogP contribution in [0.5, 0.6) is 0 Å². The molecule has 0 atom stereocenters. The third-order valence-corrected chi connectivity index (χ3v) is 3.86. The van der Waals surface area contributed by atoms with E-state index in [-0.39, 0.29) is 24.1 Å². The predicted molar refractivity (Wildman–Crippen MR) is 95.5 cm³/mol. The van der Waals surface area contributed by atoms with E-state index in [4.69, 9.17) is 0 Å². The average Bonchev–Trinajstić information content (AvgIpc) is 3.05. The van der Waals surface area contributed by atoms with Gasteiger partial charge in [0.1, 0.15) is 17.5 Å². The Hall–Kier alpha value is -3.28. The van der Waals surface area contributed by atoms with E-state index >= 15 is 0 Å². The first-order chi connectivity index (χ1) is 12.5. The van der Waals surface area contributed by atoms with Gasteiger partial charge >= 0.3 is 0 Å². The van der Waals surface area contributed by atoms with E-state index in [2.05, 4.69) is 10.3 Å². The van der Waals surface area contributed by atoms with Crippen LogP contribution >= 0.6 is 0 Å². The molecule has 1 amide bonds. The molecule has 2 aromatic carbocycles. The van der Waals surface area contributed by atoms with Crippen LogP contribution in [0.4, 0.5) is 8.78 Å². The van der Waals surface area contributed by atoms with E-state index in [0.717, 1.165) is 0 Å². The molecule has 0 aliphatic rings. The number of hydrogen-bond donors (Lipinski definition) is 1. The maximum absolute atomic E-state index is 14.3. The molecule has 0 bridgehead atoms. The maximum Gasteiger partial charge on any atom is 0.244 e. The number of halogens is 2. The predicted octanol–water partition coefficient (Wildman–Crippen LogP) is 3.79. The first-order valence-electron chi connectivity index (χ1n) is 8.03. The topological polar surface area (TPSA) is 46.9 Å². The number of carbonyl (C=O) groups is 1. The molecule has 0 unspecified atom stereocenters. The molecule has 1 N–H and O–H groups in total. The number of rotatable bonds is 5. The Morgan fingerprint density at radius 3 is 2.62 bits per heavy atom. The highest BCUT2D eigenvalue weighted by atomic mass is 19.1. The molecule has 0 fully saturated rings. The van der Waals surface area contributed by atoms with Crippen molar-refractivity contribution in [2.75, 3.05) is 0 Å². The minimum absolute atomic E-state index is 0.201. The minimum Gasteiger partial charge on any atom is -0.348 e. The zero-order valence-corrected chi connectivity index (χ0v) is 14.1. The summed E-state index contributed by atoms with van der Waals surface area (Å²) in [4.78, 5) is 15.9. The monoisotopic (exact) mass is 353 g/mol. The summed E-state index contributed by atoms with van der Waals surface area (Å²) in [5, 5.41) is 2.69. The second kappa shape index (κ2) is 7.74. The van der Waals surface area contributed by atoms with Crippen molar-refractivity contribution in [3.63, 3.8) is 0 Å². The Labute approximate surface area is 149 Å². The lowest BCUT2D eigenvalue weighted by atomic mass is 10.2. The number of imidazole rings is 1. The normalized spacial score (nSPS) is 11.0. The summed E-state index contributed by atoms with van der Waals surface area (Å²) < 4.78 is 28.8. The summed E-state index contributed by atoms with van der Waals surface area (Å²) in [6.45, 7) is 1.99. The molecule has 0 saturated carbocycles. The second-order valence-electron chi connectivity index (χ2n) is 5.73. The van der Waals surface area contributed by atoms with Crippen LogP contribution in [0.25, 0.3) is 11.8 Å². The van der Waals surface area contributed by atoms with E-state index in [1.807, 2.05) is 0 Å². The number of hydrogen-bond acceptors (Lipinski definition) is 2. The van der Waals surface area contributed by atoms with Gasteiger partial charge in [-0.15, -0.1) is 0 Å². The van der Waals surface area contributed by atoms with Gasteiger partial charge in [0.05, 0.1) is 5.69 Å². The smallest absolute Gasteiger partial charge is 0.244 e. The average molecular weight is 353 g/mol. The van der Waals surface area contributed by atoms with E-state index in [0.29, 0.717) is 22.6 Å². The Balaban J connectivity index is 1.61. The Morgan fingerprint density at radius 1 is 1.19 bits per heavy atom. The van der Waals surface area contributed by atoms with Gasteiger partial charge in [0, 0.05) is 25.0 Å². The van der Waals surface area contributed by atoms with E-state index < -0.39 is 0 Å². The summed E-state index contributed by atoms with van der Waals surface area (Å²) in [6.07, 6.45) is 6.24. The zero-order valence-electron chi connectivity index (χ0n) is 14.1. The summed E-state index contributed by atoms with van der Waals surface area (Å²) in [5.41, 5.74) is 1.77. The van der Waals surface area contributed by atoms with Crippen molar-refractivity contribution in [1.82, 2.24) is 14.9 Å². The summed E-state index contributed by atoms with van der Waals surface area (Å²) >= 11 is 0. The van der Waals surface area contributed by atoms with Crippen molar-refractivity contribution < 1.29 is 13.6 Å². The molecule has 1 heterocycles. The zero-order chi connectivity index (χ0) is 18.5. The van der Waals surface area contributed by atoms with Crippen molar-refractivity contribution in [2.45, 2.75) is 13.5 Å². The quantitative estimate of drug-likeness (QED) is 0.710. The van der Waals surface area contributed by atoms with Gasteiger partial charge in [-0.3, -0.25) is 4.79 Å². The third kappa shape index (κ3) is 4.22. The Bertz CT molecular complexity index is 946. The van der Waals surface area contributed by atoms with Crippen LogP contribution in [0.3, 0.4) is 0 Å². The SMILES string of the molecule is Cc1nccn1-c1ccc(CNC(=O)C=Cc2ccc(F)cc2)cc1F. The lowest BCUT2D eigenvalue weighted by Crippen LogP contribution is -2.20. The van der Waals surface area contributed by atoms with Gasteiger partial charge in [-0.2, -0.15) is 0 Å². The highest BCUT2D eigenvalue weighted by Gasteiger charge is 2.08. The van der Waals surface area contributed by atoms with Crippen LogP contribution < -0.4 is 5.32 Å². The molecule has 132 valence electrons. The van der Waals surface area contributed by atoms with Crippen molar-refractivity contribution in [3.05, 3.63) is 89.5 Å². The second-order valence-corrected chi connectivity index (χ2v) is 5.73. The fraction of sp³-hybridized carbons (Fsp3) is 0.100. The van der Waals surface area contributed by atoms with Crippen LogP contribution in [-0.4, -0.2) is 15.5 Å². The first kappa shape index (κ1) is 17.5. The molecule has 0 saturated heterocycles. The molecule has 0 spiro atoms. The summed E-state index contributed by atoms with van der Waals surface area (Å²) in [5.74, 6) is -0.345. The fourth-order valence-corrected chi connectivity index (χ4v) is 2.48. The summed E-state index contributed by atoms with van der Waals surface area (Å²) in [6, 6.07) is 10.6. The molecular weight excluding hydrogens is 336 g/mol. The van der Waals surface area contributed by atoms with E-state index in [1.54, 1.807) is 54.2 Å². The molecule has 0 aliphatic carbocycles. The molecule has 26 heavy (non-hydrogen) atoms. The lowest BCUT2D eigenvalue weighted by molar-refractivity contribution is -0.116. The standard InChI is InChI=1S/C20H17F2N3O/c1-14-23-10-11-25(14)19-8-4-16(12-18(19)22)13-24-20(26)9-5-15-2-6-17(21)7-3-15/h2-12H,13H2,1H3,(H,24,26). The molecule has 1 aromatic heterocycles. The van der Waals surface area contributed by atoms with Gasteiger partial charge in [0.25, 0.3) is 0 Å². The first-order valence-corrected chi connectivity index (χ1v) is 8.03. The Morgan fingerprint density at radius 2 is 1.96 bits per heavy atom. The van der Waals surface area contributed by atoms with Crippen molar-refractivity contribution in [3.8, 4) is 5.69 Å². The largest absolute Gasteiger partial charge is 0.348 e. The van der Waals surface area contributed by atoms with Crippen molar-refractivity contribution >= 4 is 12.0 Å². The van der Waals surface area contributed by atoms with Gasteiger partial charge in [0.15, 0.2) is 0 Å². The van der Waals surface area contributed by atoms with Crippen LogP contribution in [-0.2, 0) is 11.3 Å². The number of amides is 1. The minimum atomic E-state index is -0.389. The number of benzene rings is 2. The van der Waals surface area contributed by atoms with Crippen LogP contribution in [0, 0.1) is 18.6 Å². The lowest BCUT2D eigenvalue weighted by Gasteiger charge is -2.09. The number of aromatic nitrogens is 2. The molecule has 3 rings (SSSR count). The maximum atomic E-state index is 14.3. The van der Waals surface area contributed by atoms with E-state index in [9.17, 15) is 13.6 Å². The van der Waals surface area contributed by atoms with Gasteiger partial charge in [-0.25, -0.2) is 13.8 Å². The summed E-state index contributed by atoms with van der Waals surface area (Å²) in [7, 11) is 0. The fourth-order valence-electron chi connectivity index (χ4n) is 2.48. The highest BCUT2D eigenvalue weighted by Crippen LogP contribution is 2.16. The highest BCUT2D eigenvalue weighted by molar-refractivity contribution is 5.91.